The van der Waals surface area contributed by atoms with Crippen molar-refractivity contribution in [3.63, 3.8) is 0 Å². The molecule has 1 aromatic heterocycles. The van der Waals surface area contributed by atoms with E-state index in [4.69, 9.17) is 16.3 Å². The fraction of sp³-hybridized carbons (Fsp3) is 0.261. The maximum absolute atomic E-state index is 12.3. The normalized spacial score (nSPS) is 10.6. The number of anilines is 1. The topological polar surface area (TPSA) is 92.4 Å². The van der Waals surface area contributed by atoms with Crippen molar-refractivity contribution in [2.45, 2.75) is 39.5 Å². The number of nitrogens with zero attached hydrogens (tertiary/aromatic N) is 1. The van der Waals surface area contributed by atoms with E-state index in [1.165, 1.54) is 11.3 Å². The molecule has 3 N–H and O–H groups in total. The van der Waals surface area contributed by atoms with Crippen LogP contribution in [0.1, 0.15) is 30.1 Å². The Bertz CT molecular complexity index is 1040. The fourth-order valence-corrected chi connectivity index (χ4v) is 3.57. The average Bonchev–Trinajstić information content (AvgIpc) is 3.19. The SMILES string of the molecule is CC(C)NC(=O)Nc1ccc(CNC(=O)Cc2csc(COc3ccc(Cl)cc3)n2)cc1. The molecule has 0 aliphatic carbocycles. The minimum atomic E-state index is -0.248. The second kappa shape index (κ2) is 11.5. The molecule has 0 fully saturated rings. The quantitative estimate of drug-likeness (QED) is 0.418. The van der Waals surface area contributed by atoms with Gasteiger partial charge < -0.3 is 20.7 Å². The van der Waals surface area contributed by atoms with E-state index in [2.05, 4.69) is 20.9 Å². The molecule has 0 saturated carbocycles. The van der Waals surface area contributed by atoms with Crippen LogP contribution in [0.15, 0.2) is 53.9 Å². The van der Waals surface area contributed by atoms with Crippen LogP contribution < -0.4 is 20.7 Å². The van der Waals surface area contributed by atoms with Crippen LogP contribution >= 0.6 is 22.9 Å². The molecule has 168 valence electrons. The third-order valence-electron chi connectivity index (χ3n) is 4.24. The van der Waals surface area contributed by atoms with E-state index >= 15 is 0 Å². The fourth-order valence-electron chi connectivity index (χ4n) is 2.74. The number of amides is 3. The van der Waals surface area contributed by atoms with Gasteiger partial charge in [-0.1, -0.05) is 23.7 Å². The Kier molecular flexibility index (Phi) is 8.47. The Morgan fingerprint density at radius 1 is 1.09 bits per heavy atom. The number of hydrogen-bond acceptors (Lipinski definition) is 5. The summed E-state index contributed by atoms with van der Waals surface area (Å²) in [5.41, 5.74) is 2.33. The molecule has 7 nitrogen and oxygen atoms in total. The molecular weight excluding hydrogens is 448 g/mol. The number of rotatable bonds is 9. The van der Waals surface area contributed by atoms with E-state index in [0.29, 0.717) is 35.3 Å². The summed E-state index contributed by atoms with van der Waals surface area (Å²) in [5, 5.41) is 11.7. The van der Waals surface area contributed by atoms with Crippen LogP contribution in [0.2, 0.25) is 5.02 Å². The maximum atomic E-state index is 12.3. The lowest BCUT2D eigenvalue weighted by Gasteiger charge is -2.10. The van der Waals surface area contributed by atoms with Gasteiger partial charge in [-0.3, -0.25) is 4.79 Å². The van der Waals surface area contributed by atoms with Crippen LogP contribution in [0.3, 0.4) is 0 Å². The van der Waals surface area contributed by atoms with Gasteiger partial charge in [-0.2, -0.15) is 0 Å². The van der Waals surface area contributed by atoms with Gasteiger partial charge in [-0.15, -0.1) is 11.3 Å². The van der Waals surface area contributed by atoms with Crippen LogP contribution in [0, 0.1) is 0 Å². The lowest BCUT2D eigenvalue weighted by molar-refractivity contribution is -0.120. The zero-order valence-electron chi connectivity index (χ0n) is 17.9. The summed E-state index contributed by atoms with van der Waals surface area (Å²) in [6.45, 7) is 4.53. The number of thiazole rings is 1. The van der Waals surface area contributed by atoms with E-state index in [1.807, 2.05) is 31.4 Å². The van der Waals surface area contributed by atoms with E-state index in [0.717, 1.165) is 10.6 Å². The van der Waals surface area contributed by atoms with Crippen LogP contribution in [-0.4, -0.2) is 23.0 Å². The Morgan fingerprint density at radius 3 is 2.50 bits per heavy atom. The smallest absolute Gasteiger partial charge is 0.319 e. The summed E-state index contributed by atoms with van der Waals surface area (Å²) in [6.07, 6.45) is 0.201. The van der Waals surface area contributed by atoms with Gasteiger partial charge in [0.05, 0.1) is 12.1 Å². The highest BCUT2D eigenvalue weighted by molar-refractivity contribution is 7.09. The van der Waals surface area contributed by atoms with E-state index in [9.17, 15) is 9.59 Å². The third kappa shape index (κ3) is 7.86. The molecule has 1 heterocycles. The Balaban J connectivity index is 1.41. The molecule has 0 aliphatic heterocycles. The monoisotopic (exact) mass is 472 g/mol. The molecule has 9 heteroatoms. The number of carbonyl (C=O) groups is 2. The highest BCUT2D eigenvalue weighted by atomic mass is 35.5. The number of hydrogen-bond donors (Lipinski definition) is 3. The summed E-state index contributed by atoms with van der Waals surface area (Å²) >= 11 is 7.32. The number of urea groups is 1. The minimum Gasteiger partial charge on any atom is -0.486 e. The third-order valence-corrected chi connectivity index (χ3v) is 5.36. The van der Waals surface area contributed by atoms with Crippen molar-refractivity contribution in [3.05, 3.63) is 75.2 Å². The second-order valence-electron chi connectivity index (χ2n) is 7.38. The van der Waals surface area contributed by atoms with Crippen LogP contribution in [0.25, 0.3) is 0 Å². The van der Waals surface area contributed by atoms with Crippen molar-refractivity contribution in [2.75, 3.05) is 5.32 Å². The van der Waals surface area contributed by atoms with Crippen LogP contribution in [0.4, 0.5) is 10.5 Å². The number of ether oxygens (including phenoxy) is 1. The van der Waals surface area contributed by atoms with Gasteiger partial charge in [0.15, 0.2) is 0 Å². The summed E-state index contributed by atoms with van der Waals surface area (Å²) in [7, 11) is 0. The average molecular weight is 473 g/mol. The van der Waals surface area contributed by atoms with Crippen molar-refractivity contribution in [3.8, 4) is 5.75 Å². The molecular formula is C23H25ClN4O3S. The predicted octanol–water partition coefficient (Wildman–Crippen LogP) is 4.76. The molecule has 3 amide bonds. The molecule has 32 heavy (non-hydrogen) atoms. The summed E-state index contributed by atoms with van der Waals surface area (Å²) in [6, 6.07) is 14.3. The molecule has 0 saturated heterocycles. The first-order valence-corrected chi connectivity index (χ1v) is 11.4. The van der Waals surface area contributed by atoms with Crippen molar-refractivity contribution in [1.82, 2.24) is 15.6 Å². The highest BCUT2D eigenvalue weighted by Gasteiger charge is 2.09. The molecule has 0 radical (unpaired) electrons. The van der Waals surface area contributed by atoms with Crippen molar-refractivity contribution >= 4 is 40.6 Å². The van der Waals surface area contributed by atoms with E-state index in [1.54, 1.807) is 36.4 Å². The minimum absolute atomic E-state index is 0.0642. The lowest BCUT2D eigenvalue weighted by Crippen LogP contribution is -2.34. The molecule has 0 unspecified atom stereocenters. The van der Waals surface area contributed by atoms with Gasteiger partial charge >= 0.3 is 6.03 Å². The summed E-state index contributed by atoms with van der Waals surface area (Å²) in [5.74, 6) is 0.602. The van der Waals surface area contributed by atoms with Crippen LogP contribution in [0.5, 0.6) is 5.75 Å². The number of benzene rings is 2. The molecule has 0 atom stereocenters. The molecule has 3 aromatic rings. The first-order valence-electron chi connectivity index (χ1n) is 10.1. The van der Waals surface area contributed by atoms with Gasteiger partial charge in [-0.25, -0.2) is 9.78 Å². The Hall–Kier alpha value is -3.10. The molecule has 0 spiro atoms. The van der Waals surface area contributed by atoms with E-state index < -0.39 is 0 Å². The Morgan fingerprint density at radius 2 is 1.81 bits per heavy atom. The van der Waals surface area contributed by atoms with Crippen molar-refractivity contribution in [1.29, 1.82) is 0 Å². The molecule has 3 rings (SSSR count). The zero-order valence-corrected chi connectivity index (χ0v) is 19.4. The second-order valence-corrected chi connectivity index (χ2v) is 8.76. The standard InChI is InChI=1S/C23H25ClN4O3S/c1-15(2)26-23(30)28-18-7-3-16(4-8-18)12-25-21(29)11-19-14-32-22(27-19)13-31-20-9-5-17(24)6-10-20/h3-10,14-15H,11-13H2,1-2H3,(H,25,29)(H2,26,28,30). The molecule has 2 aromatic carbocycles. The number of halogens is 1. The maximum Gasteiger partial charge on any atom is 0.319 e. The van der Waals surface area contributed by atoms with Gasteiger partial charge in [0.2, 0.25) is 5.91 Å². The van der Waals surface area contributed by atoms with Crippen LogP contribution in [-0.2, 0) is 24.4 Å². The first kappa shape index (κ1) is 23.6. The van der Waals surface area contributed by atoms with Crippen molar-refractivity contribution < 1.29 is 14.3 Å². The zero-order chi connectivity index (χ0) is 22.9. The van der Waals surface area contributed by atoms with Gasteiger partial charge in [-0.05, 0) is 55.8 Å². The first-order chi connectivity index (χ1) is 15.4. The van der Waals surface area contributed by atoms with Gasteiger partial charge in [0.1, 0.15) is 17.4 Å². The van der Waals surface area contributed by atoms with E-state index in [-0.39, 0.29) is 24.4 Å². The molecule has 0 aliphatic rings. The highest BCUT2D eigenvalue weighted by Crippen LogP contribution is 2.18. The van der Waals surface area contributed by atoms with Gasteiger partial charge in [0.25, 0.3) is 0 Å². The number of carbonyl (C=O) groups excluding carboxylic acids is 2. The Labute approximate surface area is 196 Å². The predicted molar refractivity (Wildman–Crippen MR) is 127 cm³/mol. The van der Waals surface area contributed by atoms with Crippen molar-refractivity contribution in [2.24, 2.45) is 0 Å². The summed E-state index contributed by atoms with van der Waals surface area (Å²) < 4.78 is 5.68. The van der Waals surface area contributed by atoms with Gasteiger partial charge in [0, 0.05) is 28.7 Å². The largest absolute Gasteiger partial charge is 0.486 e. The number of aromatic nitrogens is 1. The summed E-state index contributed by atoms with van der Waals surface area (Å²) in [4.78, 5) is 28.5. The lowest BCUT2D eigenvalue weighted by atomic mass is 10.2. The molecule has 0 bridgehead atoms. The number of nitrogens with one attached hydrogen (secondary N) is 3.